The highest BCUT2D eigenvalue weighted by Gasteiger charge is 2.31. The summed E-state index contributed by atoms with van der Waals surface area (Å²) >= 11 is 0. The Labute approximate surface area is 174 Å². The van der Waals surface area contributed by atoms with Gasteiger partial charge in [-0.25, -0.2) is 4.63 Å². The lowest BCUT2D eigenvalue weighted by Gasteiger charge is -2.30. The van der Waals surface area contributed by atoms with Crippen LogP contribution in [0.1, 0.15) is 36.0 Å². The summed E-state index contributed by atoms with van der Waals surface area (Å²) in [5.74, 6) is 0.335. The highest BCUT2D eigenvalue weighted by atomic mass is 19.4. The monoisotopic (exact) mass is 437 g/mol. The zero-order valence-corrected chi connectivity index (χ0v) is 16.4. The van der Waals surface area contributed by atoms with Gasteiger partial charge in [0, 0.05) is 24.6 Å². The van der Waals surface area contributed by atoms with E-state index in [1.807, 2.05) is 0 Å². The van der Waals surface area contributed by atoms with Crippen molar-refractivity contribution in [2.24, 2.45) is 0 Å². The fourth-order valence-corrected chi connectivity index (χ4v) is 3.36. The normalized spacial score (nSPS) is 15.3. The molecule has 0 N–H and O–H groups in total. The van der Waals surface area contributed by atoms with Gasteiger partial charge in [0.2, 0.25) is 17.6 Å². The van der Waals surface area contributed by atoms with Crippen molar-refractivity contribution in [1.29, 1.82) is 0 Å². The minimum absolute atomic E-state index is 0.00594. The molecule has 0 unspecified atom stereocenters. The number of piperidine rings is 1. The number of rotatable bonds is 5. The molecule has 1 aromatic carbocycles. The molecule has 0 spiro atoms. The van der Waals surface area contributed by atoms with Crippen molar-refractivity contribution in [3.05, 3.63) is 41.5 Å². The molecule has 1 aliphatic rings. The van der Waals surface area contributed by atoms with Gasteiger partial charge in [-0.05, 0) is 44.0 Å². The van der Waals surface area contributed by atoms with Crippen LogP contribution in [0, 0.1) is 6.92 Å². The summed E-state index contributed by atoms with van der Waals surface area (Å²) < 4.78 is 50.6. The number of aromatic nitrogens is 4. The molecule has 0 aliphatic carbocycles. The van der Waals surface area contributed by atoms with Crippen LogP contribution in [-0.4, -0.2) is 50.7 Å². The van der Waals surface area contributed by atoms with Gasteiger partial charge < -0.3 is 14.2 Å². The van der Waals surface area contributed by atoms with Crippen LogP contribution in [0.2, 0.25) is 0 Å². The number of aryl methyl sites for hydroxylation is 1. The first kappa shape index (κ1) is 20.8. The summed E-state index contributed by atoms with van der Waals surface area (Å²) in [7, 11) is 0. The van der Waals surface area contributed by atoms with E-state index in [1.165, 1.54) is 24.3 Å². The maximum Gasteiger partial charge on any atom is 0.573 e. The summed E-state index contributed by atoms with van der Waals surface area (Å²) in [6.07, 6.45) is -3.30. The van der Waals surface area contributed by atoms with Gasteiger partial charge in [-0.2, -0.15) is 4.98 Å². The van der Waals surface area contributed by atoms with Gasteiger partial charge >= 0.3 is 6.36 Å². The second-order valence-electron chi connectivity index (χ2n) is 7.16. The van der Waals surface area contributed by atoms with Crippen LogP contribution in [0.4, 0.5) is 13.2 Å². The fraction of sp³-hybridized carbons (Fsp3) is 0.421. The van der Waals surface area contributed by atoms with Crippen LogP contribution in [-0.2, 0) is 11.2 Å². The van der Waals surface area contributed by atoms with Crippen molar-refractivity contribution in [1.82, 2.24) is 25.4 Å². The molecule has 9 nitrogen and oxygen atoms in total. The standard InChI is InChI=1S/C19H18F3N5O4/c1-11-15(25-31-24-11)10-16(28)27-8-6-13(7-9-27)18-23-17(26-30-18)12-2-4-14(5-3-12)29-19(20,21)22/h2-5,13H,6-10H2,1H3. The molecule has 3 aromatic rings. The molecule has 164 valence electrons. The largest absolute Gasteiger partial charge is 0.573 e. The van der Waals surface area contributed by atoms with Crippen molar-refractivity contribution in [3.8, 4) is 17.1 Å². The lowest BCUT2D eigenvalue weighted by molar-refractivity contribution is -0.274. The van der Waals surface area contributed by atoms with Gasteiger partial charge in [-0.1, -0.05) is 15.5 Å². The third-order valence-corrected chi connectivity index (χ3v) is 5.05. The molecule has 1 amide bonds. The van der Waals surface area contributed by atoms with E-state index in [4.69, 9.17) is 4.52 Å². The maximum absolute atomic E-state index is 12.4. The van der Waals surface area contributed by atoms with Gasteiger partial charge in [0.15, 0.2) is 0 Å². The van der Waals surface area contributed by atoms with Crippen molar-refractivity contribution < 1.29 is 31.9 Å². The molecule has 2 aromatic heterocycles. The van der Waals surface area contributed by atoms with Crippen LogP contribution >= 0.6 is 0 Å². The predicted octanol–water partition coefficient (Wildman–Crippen LogP) is 3.28. The summed E-state index contributed by atoms with van der Waals surface area (Å²) in [6.45, 7) is 2.80. The third kappa shape index (κ3) is 5.01. The lowest BCUT2D eigenvalue weighted by atomic mass is 9.96. The molecule has 0 bridgehead atoms. The minimum atomic E-state index is -4.75. The number of halogens is 3. The smallest absolute Gasteiger partial charge is 0.406 e. The molecule has 31 heavy (non-hydrogen) atoms. The number of benzene rings is 1. The predicted molar refractivity (Wildman–Crippen MR) is 97.7 cm³/mol. The van der Waals surface area contributed by atoms with Crippen molar-refractivity contribution in [2.75, 3.05) is 13.1 Å². The zero-order valence-electron chi connectivity index (χ0n) is 16.4. The van der Waals surface area contributed by atoms with Crippen LogP contribution < -0.4 is 4.74 Å². The first-order valence-electron chi connectivity index (χ1n) is 9.54. The maximum atomic E-state index is 12.4. The first-order chi connectivity index (χ1) is 14.8. The van der Waals surface area contributed by atoms with E-state index in [-0.39, 0.29) is 29.8 Å². The minimum Gasteiger partial charge on any atom is -0.406 e. The SMILES string of the molecule is Cc1nonc1CC(=O)N1CCC(c2nc(-c3ccc(OC(F)(F)F)cc3)no2)CC1. The molecule has 0 saturated carbocycles. The number of alkyl halides is 3. The highest BCUT2D eigenvalue weighted by Crippen LogP contribution is 2.30. The number of ether oxygens (including phenoxy) is 1. The number of carbonyl (C=O) groups excluding carboxylic acids is 1. The molecule has 12 heteroatoms. The Kier molecular flexibility index (Phi) is 5.61. The number of hydrogen-bond acceptors (Lipinski definition) is 8. The van der Waals surface area contributed by atoms with E-state index in [0.29, 0.717) is 48.8 Å². The number of carbonyl (C=O) groups is 1. The molecular weight excluding hydrogens is 419 g/mol. The highest BCUT2D eigenvalue weighted by molar-refractivity contribution is 5.78. The van der Waals surface area contributed by atoms with Crippen LogP contribution in [0.15, 0.2) is 33.4 Å². The molecule has 1 saturated heterocycles. The van der Waals surface area contributed by atoms with Gasteiger partial charge in [0.05, 0.1) is 6.42 Å². The van der Waals surface area contributed by atoms with Gasteiger partial charge in [-0.3, -0.25) is 4.79 Å². The molecular formula is C19H18F3N5O4. The Bertz CT molecular complexity index is 1040. The summed E-state index contributed by atoms with van der Waals surface area (Å²) in [4.78, 5) is 18.6. The van der Waals surface area contributed by atoms with E-state index < -0.39 is 6.36 Å². The summed E-state index contributed by atoms with van der Waals surface area (Å²) in [6, 6.07) is 5.24. The van der Waals surface area contributed by atoms with Gasteiger partial charge in [0.25, 0.3) is 0 Å². The number of amides is 1. The average molecular weight is 437 g/mol. The Morgan fingerprint density at radius 1 is 1.16 bits per heavy atom. The van der Waals surface area contributed by atoms with E-state index >= 15 is 0 Å². The summed E-state index contributed by atoms with van der Waals surface area (Å²) in [5.41, 5.74) is 1.63. The second-order valence-corrected chi connectivity index (χ2v) is 7.16. The topological polar surface area (TPSA) is 107 Å². The molecule has 0 atom stereocenters. The molecule has 1 fully saturated rings. The third-order valence-electron chi connectivity index (χ3n) is 5.05. The molecule has 0 radical (unpaired) electrons. The van der Waals surface area contributed by atoms with Gasteiger partial charge in [-0.15, -0.1) is 13.2 Å². The zero-order chi connectivity index (χ0) is 22.0. The van der Waals surface area contributed by atoms with Crippen molar-refractivity contribution in [3.63, 3.8) is 0 Å². The van der Waals surface area contributed by atoms with Crippen molar-refractivity contribution in [2.45, 2.75) is 38.5 Å². The average Bonchev–Trinajstić information content (AvgIpc) is 3.37. The first-order valence-corrected chi connectivity index (χ1v) is 9.54. The van der Waals surface area contributed by atoms with E-state index in [1.54, 1.807) is 11.8 Å². The van der Waals surface area contributed by atoms with Crippen LogP contribution in [0.5, 0.6) is 5.75 Å². The second kappa shape index (κ2) is 8.36. The van der Waals surface area contributed by atoms with E-state index in [2.05, 4.69) is 29.8 Å². The van der Waals surface area contributed by atoms with E-state index in [0.717, 1.165) is 0 Å². The number of hydrogen-bond donors (Lipinski definition) is 0. The quantitative estimate of drug-likeness (QED) is 0.599. The Hall–Kier alpha value is -3.44. The van der Waals surface area contributed by atoms with Gasteiger partial charge in [0.1, 0.15) is 17.1 Å². The van der Waals surface area contributed by atoms with Crippen LogP contribution in [0.3, 0.4) is 0 Å². The number of nitrogens with zero attached hydrogens (tertiary/aromatic N) is 5. The molecule has 3 heterocycles. The Morgan fingerprint density at radius 3 is 2.48 bits per heavy atom. The number of likely N-dealkylation sites (tertiary alicyclic amines) is 1. The fourth-order valence-electron chi connectivity index (χ4n) is 3.36. The lowest BCUT2D eigenvalue weighted by Crippen LogP contribution is -2.39. The Balaban J connectivity index is 1.34. The summed E-state index contributed by atoms with van der Waals surface area (Å²) in [5, 5.41) is 11.3. The van der Waals surface area contributed by atoms with E-state index in [9.17, 15) is 18.0 Å². The molecule has 1 aliphatic heterocycles. The van der Waals surface area contributed by atoms with Crippen LogP contribution in [0.25, 0.3) is 11.4 Å². The van der Waals surface area contributed by atoms with Crippen molar-refractivity contribution >= 4 is 5.91 Å². The molecule has 4 rings (SSSR count). The Morgan fingerprint density at radius 2 is 1.87 bits per heavy atom.